The zero-order valence-electron chi connectivity index (χ0n) is 9.58. The third-order valence-corrected chi connectivity index (χ3v) is 4.56. The maximum absolute atomic E-state index is 11.8. The van der Waals surface area contributed by atoms with Gasteiger partial charge in [-0.25, -0.2) is 0 Å². The van der Waals surface area contributed by atoms with Crippen LogP contribution >= 0.6 is 15.9 Å². The minimum absolute atomic E-state index is 0.104. The first-order valence-corrected chi connectivity index (χ1v) is 7.17. The van der Waals surface area contributed by atoms with Gasteiger partial charge in [0.25, 0.3) is 0 Å². The number of hydrogen-bond donors (Lipinski definition) is 1. The van der Waals surface area contributed by atoms with Crippen LogP contribution in [-0.4, -0.2) is 30.5 Å². The molecule has 0 bridgehead atoms. The van der Waals surface area contributed by atoms with E-state index in [2.05, 4.69) is 21.2 Å². The normalized spacial score (nSPS) is 34.9. The highest BCUT2D eigenvalue weighted by Crippen LogP contribution is 2.28. The molecule has 0 aromatic rings. The summed E-state index contributed by atoms with van der Waals surface area (Å²) in [5.41, 5.74) is 0. The van der Waals surface area contributed by atoms with E-state index in [1.54, 1.807) is 0 Å². The van der Waals surface area contributed by atoms with Crippen LogP contribution in [0.15, 0.2) is 0 Å². The van der Waals surface area contributed by atoms with E-state index in [0.717, 1.165) is 19.6 Å². The molecule has 2 rings (SSSR count). The molecular weight excluding hydrogens is 270 g/mol. The summed E-state index contributed by atoms with van der Waals surface area (Å²) in [6, 6.07) is 0. The fourth-order valence-electron chi connectivity index (χ4n) is 2.46. The Labute approximate surface area is 105 Å². The molecule has 0 aromatic heterocycles. The standard InChI is InChI=1S/C12H20BrNO2/c13-11-3-1-9(2-4-11)7-14-12(15)10-5-6-16-8-10/h9-11H,1-8H2,(H,14,15). The van der Waals surface area contributed by atoms with Gasteiger partial charge in [0, 0.05) is 18.0 Å². The van der Waals surface area contributed by atoms with Crippen molar-refractivity contribution < 1.29 is 9.53 Å². The van der Waals surface area contributed by atoms with Gasteiger partial charge in [0.2, 0.25) is 5.91 Å². The molecule has 1 unspecified atom stereocenters. The first-order chi connectivity index (χ1) is 7.75. The monoisotopic (exact) mass is 289 g/mol. The molecule has 1 amide bonds. The van der Waals surface area contributed by atoms with Crippen molar-refractivity contribution in [3.63, 3.8) is 0 Å². The Morgan fingerprint density at radius 2 is 2.00 bits per heavy atom. The molecule has 4 heteroatoms. The highest BCUT2D eigenvalue weighted by molar-refractivity contribution is 9.09. The van der Waals surface area contributed by atoms with E-state index in [-0.39, 0.29) is 11.8 Å². The lowest BCUT2D eigenvalue weighted by Gasteiger charge is -2.25. The molecular formula is C12H20BrNO2. The quantitative estimate of drug-likeness (QED) is 0.808. The maximum atomic E-state index is 11.8. The van der Waals surface area contributed by atoms with E-state index < -0.39 is 0 Å². The summed E-state index contributed by atoms with van der Waals surface area (Å²) in [6.45, 7) is 2.21. The molecule has 0 radical (unpaired) electrons. The van der Waals surface area contributed by atoms with Crippen molar-refractivity contribution in [3.8, 4) is 0 Å². The van der Waals surface area contributed by atoms with Crippen LogP contribution in [0.5, 0.6) is 0 Å². The van der Waals surface area contributed by atoms with Crippen LogP contribution in [0.1, 0.15) is 32.1 Å². The van der Waals surface area contributed by atoms with Crippen molar-refractivity contribution in [2.75, 3.05) is 19.8 Å². The lowest BCUT2D eigenvalue weighted by molar-refractivity contribution is -0.125. The van der Waals surface area contributed by atoms with E-state index in [1.165, 1.54) is 25.7 Å². The number of nitrogens with one attached hydrogen (secondary N) is 1. The van der Waals surface area contributed by atoms with E-state index in [4.69, 9.17) is 4.74 Å². The van der Waals surface area contributed by atoms with Gasteiger partial charge in [-0.1, -0.05) is 15.9 Å². The minimum Gasteiger partial charge on any atom is -0.381 e. The number of rotatable bonds is 3. The molecule has 3 nitrogen and oxygen atoms in total. The third kappa shape index (κ3) is 3.45. The average Bonchev–Trinajstić information content (AvgIpc) is 2.81. The number of amides is 1. The Bertz CT molecular complexity index is 233. The molecule has 2 aliphatic rings. The Hall–Kier alpha value is -0.0900. The van der Waals surface area contributed by atoms with Gasteiger partial charge in [-0.15, -0.1) is 0 Å². The Morgan fingerprint density at radius 1 is 1.25 bits per heavy atom. The van der Waals surface area contributed by atoms with Crippen LogP contribution in [0.2, 0.25) is 0 Å². The molecule has 2 fully saturated rings. The largest absolute Gasteiger partial charge is 0.381 e. The molecule has 0 spiro atoms. The van der Waals surface area contributed by atoms with E-state index >= 15 is 0 Å². The van der Waals surface area contributed by atoms with Gasteiger partial charge in [-0.05, 0) is 38.0 Å². The smallest absolute Gasteiger partial charge is 0.225 e. The van der Waals surface area contributed by atoms with Gasteiger partial charge in [-0.2, -0.15) is 0 Å². The molecule has 1 atom stereocenters. The van der Waals surface area contributed by atoms with Crippen LogP contribution in [-0.2, 0) is 9.53 Å². The van der Waals surface area contributed by atoms with E-state index in [1.807, 2.05) is 0 Å². The molecule has 92 valence electrons. The summed E-state index contributed by atoms with van der Waals surface area (Å²) in [6.07, 6.45) is 5.84. The zero-order chi connectivity index (χ0) is 11.4. The number of halogens is 1. The van der Waals surface area contributed by atoms with Crippen LogP contribution in [0.3, 0.4) is 0 Å². The molecule has 1 heterocycles. The second-order valence-electron chi connectivity index (χ2n) is 4.92. The van der Waals surface area contributed by atoms with Crippen LogP contribution in [0, 0.1) is 11.8 Å². The van der Waals surface area contributed by atoms with Gasteiger partial charge >= 0.3 is 0 Å². The van der Waals surface area contributed by atoms with Crippen LogP contribution in [0.25, 0.3) is 0 Å². The summed E-state index contributed by atoms with van der Waals surface area (Å²) < 4.78 is 5.22. The van der Waals surface area contributed by atoms with Crippen molar-refractivity contribution >= 4 is 21.8 Å². The second kappa shape index (κ2) is 6.01. The molecule has 1 N–H and O–H groups in total. The van der Waals surface area contributed by atoms with Gasteiger partial charge in [0.1, 0.15) is 0 Å². The summed E-state index contributed by atoms with van der Waals surface area (Å²) >= 11 is 3.65. The first kappa shape index (κ1) is 12.4. The van der Waals surface area contributed by atoms with Gasteiger partial charge < -0.3 is 10.1 Å². The number of ether oxygens (including phenoxy) is 1. The van der Waals surface area contributed by atoms with Crippen LogP contribution in [0.4, 0.5) is 0 Å². The summed E-state index contributed by atoms with van der Waals surface area (Å²) in [5, 5.41) is 3.07. The van der Waals surface area contributed by atoms with Crippen LogP contribution < -0.4 is 5.32 Å². The second-order valence-corrected chi connectivity index (χ2v) is 6.22. The number of alkyl halides is 1. The highest BCUT2D eigenvalue weighted by atomic mass is 79.9. The average molecular weight is 290 g/mol. The topological polar surface area (TPSA) is 38.3 Å². The molecule has 1 aliphatic carbocycles. The molecule has 16 heavy (non-hydrogen) atoms. The minimum atomic E-state index is 0.104. The maximum Gasteiger partial charge on any atom is 0.225 e. The molecule has 0 aromatic carbocycles. The van der Waals surface area contributed by atoms with Gasteiger partial charge in [0.05, 0.1) is 12.5 Å². The van der Waals surface area contributed by atoms with Crippen molar-refractivity contribution in [3.05, 3.63) is 0 Å². The Kier molecular flexibility index (Phi) is 4.65. The highest BCUT2D eigenvalue weighted by Gasteiger charge is 2.25. The fraction of sp³-hybridized carbons (Fsp3) is 0.917. The SMILES string of the molecule is O=C(NCC1CCC(Br)CC1)C1CCOC1. The van der Waals surface area contributed by atoms with Crippen molar-refractivity contribution in [2.45, 2.75) is 36.9 Å². The van der Waals surface area contributed by atoms with Gasteiger partial charge in [-0.3, -0.25) is 4.79 Å². The van der Waals surface area contributed by atoms with Crippen molar-refractivity contribution in [2.24, 2.45) is 11.8 Å². The first-order valence-electron chi connectivity index (χ1n) is 6.25. The summed E-state index contributed by atoms with van der Waals surface area (Å²) in [7, 11) is 0. The Morgan fingerprint density at radius 3 is 2.62 bits per heavy atom. The van der Waals surface area contributed by atoms with E-state index in [9.17, 15) is 4.79 Å². The molecule has 1 saturated carbocycles. The Balaban J connectivity index is 1.65. The predicted octanol–water partition coefficient (Wildman–Crippen LogP) is 2.09. The number of hydrogen-bond acceptors (Lipinski definition) is 2. The van der Waals surface area contributed by atoms with Crippen molar-refractivity contribution in [1.29, 1.82) is 0 Å². The molecule has 1 saturated heterocycles. The predicted molar refractivity (Wildman–Crippen MR) is 66.6 cm³/mol. The molecule has 1 aliphatic heterocycles. The lowest BCUT2D eigenvalue weighted by Crippen LogP contribution is -2.35. The number of carbonyl (C=O) groups is 1. The van der Waals surface area contributed by atoms with Crippen molar-refractivity contribution in [1.82, 2.24) is 5.32 Å². The summed E-state index contributed by atoms with van der Waals surface area (Å²) in [5.74, 6) is 0.978. The third-order valence-electron chi connectivity index (χ3n) is 3.64. The number of carbonyl (C=O) groups excluding carboxylic acids is 1. The van der Waals surface area contributed by atoms with E-state index in [0.29, 0.717) is 17.4 Å². The summed E-state index contributed by atoms with van der Waals surface area (Å²) in [4.78, 5) is 12.4. The van der Waals surface area contributed by atoms with Gasteiger partial charge in [0.15, 0.2) is 0 Å². The lowest BCUT2D eigenvalue weighted by atomic mass is 9.89. The zero-order valence-corrected chi connectivity index (χ0v) is 11.2. The fourth-order valence-corrected chi connectivity index (χ4v) is 2.99.